The van der Waals surface area contributed by atoms with E-state index < -0.39 is 36.9 Å². The first-order valence-corrected chi connectivity index (χ1v) is 13.6. The van der Waals surface area contributed by atoms with Crippen molar-refractivity contribution in [1.29, 1.82) is 0 Å². The van der Waals surface area contributed by atoms with Crippen molar-refractivity contribution in [3.05, 3.63) is 47.5 Å². The van der Waals surface area contributed by atoms with Gasteiger partial charge in [-0.2, -0.15) is 0 Å². The Labute approximate surface area is 215 Å². The molecule has 2 N–H and O–H groups in total. The molecule has 2 rings (SSSR count). The van der Waals surface area contributed by atoms with Crippen LogP contribution in [0, 0.1) is 0 Å². The number of carbonyl (C=O) groups excluding carboxylic acids is 2. The summed E-state index contributed by atoms with van der Waals surface area (Å²) in [6, 6.07) is 8.64. The fourth-order valence-electron chi connectivity index (χ4n) is 3.08. The number of sulfonamides is 2. The van der Waals surface area contributed by atoms with Gasteiger partial charge < -0.3 is 18.9 Å². The summed E-state index contributed by atoms with van der Waals surface area (Å²) in [4.78, 5) is 29.3. The van der Waals surface area contributed by atoms with Gasteiger partial charge in [0.2, 0.25) is 20.0 Å². The van der Waals surface area contributed by atoms with E-state index in [0.29, 0.717) is 21.5 Å². The Morgan fingerprint density at radius 3 is 1.32 bits per heavy atom. The van der Waals surface area contributed by atoms with Gasteiger partial charge in [-0.05, 0) is 36.4 Å². The zero-order chi connectivity index (χ0) is 28.0. The largest absolute Gasteiger partial charge is 0.497 e. The second kappa shape index (κ2) is 12.1. The lowest BCUT2D eigenvalue weighted by atomic mass is 10.1. The van der Waals surface area contributed by atoms with Gasteiger partial charge in [-0.15, -0.1) is 9.66 Å². The summed E-state index contributed by atoms with van der Waals surface area (Å²) in [5.41, 5.74) is -0.0730. The van der Waals surface area contributed by atoms with Gasteiger partial charge in [0, 0.05) is 14.1 Å². The highest BCUT2D eigenvalue weighted by Crippen LogP contribution is 2.26. The number of hydrogen-bond acceptors (Lipinski definition) is 10. The zero-order valence-corrected chi connectivity index (χ0v) is 22.6. The Kier molecular flexibility index (Phi) is 9.68. The van der Waals surface area contributed by atoms with Crippen LogP contribution in [0.4, 0.5) is 0 Å². The summed E-state index contributed by atoms with van der Waals surface area (Å²) >= 11 is 0. The fourth-order valence-corrected chi connectivity index (χ4v) is 6.14. The molecule has 0 spiro atoms. The molecule has 16 heteroatoms. The number of hydrazine groups is 2. The van der Waals surface area contributed by atoms with Crippen LogP contribution >= 0.6 is 0 Å². The molecule has 2 amide bonds. The number of hydrogen-bond donors (Lipinski definition) is 2. The first-order valence-electron chi connectivity index (χ1n) is 10.3. The average Bonchev–Trinajstić information content (AvgIpc) is 2.85. The summed E-state index contributed by atoms with van der Waals surface area (Å²) in [6.07, 6.45) is 0. The van der Waals surface area contributed by atoms with Gasteiger partial charge in [0.25, 0.3) is 11.8 Å². The Bertz CT molecular complexity index is 1260. The van der Waals surface area contributed by atoms with E-state index in [9.17, 15) is 26.4 Å². The molecule has 204 valence electrons. The van der Waals surface area contributed by atoms with Gasteiger partial charge in [-0.25, -0.2) is 16.8 Å². The molecule has 0 aliphatic carbocycles. The lowest BCUT2D eigenvalue weighted by Crippen LogP contribution is -2.49. The van der Waals surface area contributed by atoms with E-state index in [1.54, 1.807) is 0 Å². The summed E-state index contributed by atoms with van der Waals surface area (Å²) in [6.45, 7) is 0. The van der Waals surface area contributed by atoms with Crippen LogP contribution in [-0.4, -0.2) is 86.3 Å². The summed E-state index contributed by atoms with van der Waals surface area (Å²) in [5.74, 6) is -0.789. The van der Waals surface area contributed by atoms with Crippen LogP contribution in [0.5, 0.6) is 23.0 Å². The van der Waals surface area contributed by atoms with E-state index >= 15 is 0 Å². The van der Waals surface area contributed by atoms with Crippen LogP contribution in [0.25, 0.3) is 0 Å². The number of benzene rings is 2. The number of rotatable bonds is 12. The molecule has 0 aliphatic rings. The maximum Gasteiger partial charge on any atom is 0.272 e. The van der Waals surface area contributed by atoms with Crippen molar-refractivity contribution >= 4 is 31.9 Å². The van der Waals surface area contributed by atoms with Crippen LogP contribution in [0.3, 0.4) is 0 Å². The monoisotopic (exact) mass is 560 g/mol. The third-order valence-corrected chi connectivity index (χ3v) is 8.33. The van der Waals surface area contributed by atoms with Crippen molar-refractivity contribution in [2.24, 2.45) is 0 Å². The Morgan fingerprint density at radius 1 is 0.676 bits per heavy atom. The predicted octanol–water partition coefficient (Wildman–Crippen LogP) is 0.192. The van der Waals surface area contributed by atoms with Crippen LogP contribution in [0.1, 0.15) is 20.7 Å². The van der Waals surface area contributed by atoms with Crippen molar-refractivity contribution in [3.8, 4) is 23.0 Å². The van der Waals surface area contributed by atoms with Crippen LogP contribution < -0.4 is 28.6 Å². The summed E-state index contributed by atoms with van der Waals surface area (Å²) in [5, 5.41) is -0.337. The Balaban J connectivity index is 2.16. The predicted molar refractivity (Wildman–Crippen MR) is 132 cm³/mol. The molecule has 0 bridgehead atoms. The van der Waals surface area contributed by atoms with Crippen molar-refractivity contribution in [2.75, 3.05) is 47.6 Å². The molecule has 14 nitrogen and oxygen atoms in total. The van der Waals surface area contributed by atoms with Crippen LogP contribution in [-0.2, 0) is 20.0 Å². The minimum atomic E-state index is -4.64. The molecular weight excluding hydrogens is 532 g/mol. The van der Waals surface area contributed by atoms with E-state index in [4.69, 9.17) is 18.9 Å². The third-order valence-electron chi connectivity index (χ3n) is 4.75. The fraction of sp³-hybridized carbons (Fsp3) is 0.333. The van der Waals surface area contributed by atoms with Gasteiger partial charge in [-0.3, -0.25) is 19.6 Å². The van der Waals surface area contributed by atoms with E-state index in [1.165, 1.54) is 64.8 Å². The Morgan fingerprint density at radius 2 is 1.03 bits per heavy atom. The van der Waals surface area contributed by atoms with Crippen molar-refractivity contribution in [1.82, 2.24) is 19.7 Å². The highest BCUT2D eigenvalue weighted by Gasteiger charge is 2.29. The van der Waals surface area contributed by atoms with E-state index in [2.05, 4.69) is 0 Å². The lowest BCUT2D eigenvalue weighted by molar-refractivity contribution is 0.0756. The van der Waals surface area contributed by atoms with Gasteiger partial charge >= 0.3 is 0 Å². The molecule has 0 atom stereocenters. The number of carbonyl (C=O) groups is 2. The van der Waals surface area contributed by atoms with Crippen molar-refractivity contribution in [3.63, 3.8) is 0 Å². The van der Waals surface area contributed by atoms with Gasteiger partial charge in [0.05, 0.1) is 39.6 Å². The first kappa shape index (κ1) is 29.6. The molecule has 0 heterocycles. The minimum absolute atomic E-state index is 0.0365. The maximum atomic E-state index is 12.8. The zero-order valence-electron chi connectivity index (χ0n) is 21.0. The number of nitrogens with zero attached hydrogens (tertiary/aromatic N) is 2. The second-order valence-corrected chi connectivity index (χ2v) is 11.2. The van der Waals surface area contributed by atoms with Gasteiger partial charge in [-0.1, -0.05) is 0 Å². The molecule has 0 saturated carbocycles. The molecule has 0 radical (unpaired) electrons. The number of nitrogens with one attached hydrogen (secondary N) is 2. The van der Waals surface area contributed by atoms with Crippen molar-refractivity contribution in [2.45, 2.75) is 0 Å². The SMILES string of the molecule is COc1ccc(OC)c(C(=O)N(C)NS(=O)(=O)CS(=O)(=O)NN(C)C(=O)c2cc(OC)ccc2OC)c1. The van der Waals surface area contributed by atoms with E-state index in [0.717, 1.165) is 14.1 Å². The molecule has 0 aliphatic heterocycles. The summed E-state index contributed by atoms with van der Waals surface area (Å²) < 4.78 is 70.6. The van der Waals surface area contributed by atoms with Crippen LogP contribution in [0.15, 0.2) is 36.4 Å². The molecule has 2 aromatic carbocycles. The average molecular weight is 561 g/mol. The maximum absolute atomic E-state index is 12.8. The molecular formula is C21H28N4O10S2. The van der Waals surface area contributed by atoms with Crippen LogP contribution in [0.2, 0.25) is 0 Å². The normalized spacial score (nSPS) is 11.4. The highest BCUT2D eigenvalue weighted by molar-refractivity contribution is 8.06. The van der Waals surface area contributed by atoms with Gasteiger partial charge in [0.1, 0.15) is 23.0 Å². The van der Waals surface area contributed by atoms with E-state index in [1.807, 2.05) is 9.66 Å². The number of methoxy groups -OCH3 is 4. The quantitative estimate of drug-likeness (QED) is 0.342. The standard InChI is InChI=1S/C21H28N4O10S2/c1-24(20(26)16-11-14(32-3)7-9-18(16)34-5)22-36(28,29)13-37(30,31)23-25(2)21(27)17-12-15(33-4)8-10-19(17)35-6/h7-12,22-23H,13H2,1-6H3. The minimum Gasteiger partial charge on any atom is -0.497 e. The highest BCUT2D eigenvalue weighted by atomic mass is 32.3. The summed E-state index contributed by atoms with van der Waals surface area (Å²) in [7, 11) is -1.70. The van der Waals surface area contributed by atoms with E-state index in [-0.39, 0.29) is 22.6 Å². The third kappa shape index (κ3) is 7.69. The second-order valence-electron chi connectivity index (χ2n) is 7.39. The molecule has 2 aromatic rings. The Hall–Kier alpha value is -3.60. The van der Waals surface area contributed by atoms with Gasteiger partial charge in [0.15, 0.2) is 5.08 Å². The van der Waals surface area contributed by atoms with Crippen molar-refractivity contribution < 1.29 is 45.4 Å². The number of ether oxygens (including phenoxy) is 4. The molecule has 0 fully saturated rings. The molecule has 37 heavy (non-hydrogen) atoms. The molecule has 0 aromatic heterocycles. The molecule has 0 saturated heterocycles. The number of amides is 2. The topological polar surface area (TPSA) is 170 Å². The smallest absolute Gasteiger partial charge is 0.272 e. The first-order chi connectivity index (χ1) is 17.3. The lowest BCUT2D eigenvalue weighted by Gasteiger charge is -2.22. The molecule has 0 unspecified atom stereocenters.